The minimum Gasteiger partial charge on any atom is -1.00 e. The molecule has 2 aliphatic rings. The first-order valence-electron chi connectivity index (χ1n) is 13.7. The summed E-state index contributed by atoms with van der Waals surface area (Å²) in [5, 5.41) is 3.13. The van der Waals surface area contributed by atoms with E-state index in [9.17, 15) is 4.79 Å². The van der Waals surface area contributed by atoms with Crippen LogP contribution < -0.4 is 22.6 Å². The van der Waals surface area contributed by atoms with Gasteiger partial charge in [0.15, 0.2) is 0 Å². The third-order valence-corrected chi connectivity index (χ3v) is 7.90. The van der Waals surface area contributed by atoms with E-state index in [1.807, 2.05) is 12.1 Å². The van der Waals surface area contributed by atoms with Crippen LogP contribution in [-0.4, -0.2) is 38.8 Å². The van der Waals surface area contributed by atoms with E-state index < -0.39 is 0 Å². The first kappa shape index (κ1) is 28.1. The largest absolute Gasteiger partial charge is 1.00 e. The standard InChI is InChI=1S/C33H38N2O2.ClH/c1-23-7-11-26(12-8-23)27-14-13-25-5-4-6-28(21-29(25)20-27)33(36)34-30-15-9-24(10-16-30)19-32-22-31(35(2)3)17-18-37-32;/h7-16,20-21,31-32H,4-6,17-19,22H2,1-3H3,(H,34,36);1H. The number of hydrogen-bond acceptors (Lipinski definition) is 2. The number of carbonyl (C=O) groups excluding carboxylic acids is 1. The summed E-state index contributed by atoms with van der Waals surface area (Å²) >= 11 is 0. The third kappa shape index (κ3) is 6.93. The van der Waals surface area contributed by atoms with Gasteiger partial charge in [-0.15, -0.1) is 0 Å². The van der Waals surface area contributed by atoms with Crippen molar-refractivity contribution in [2.45, 2.75) is 57.6 Å². The lowest BCUT2D eigenvalue weighted by atomic mass is 9.97. The van der Waals surface area contributed by atoms with Gasteiger partial charge in [0, 0.05) is 24.1 Å². The molecule has 5 heteroatoms. The lowest BCUT2D eigenvalue weighted by Gasteiger charge is -2.31. The maximum absolute atomic E-state index is 13.2. The fourth-order valence-electron chi connectivity index (χ4n) is 5.54. The van der Waals surface area contributed by atoms with Crippen LogP contribution in [0.5, 0.6) is 0 Å². The molecule has 5 rings (SSSR count). The molecule has 3 aromatic carbocycles. The van der Waals surface area contributed by atoms with Crippen molar-refractivity contribution in [3.63, 3.8) is 0 Å². The lowest BCUT2D eigenvalue weighted by molar-refractivity contribution is -0.888. The summed E-state index contributed by atoms with van der Waals surface area (Å²) < 4.78 is 6.03. The Morgan fingerprint density at radius 2 is 1.71 bits per heavy atom. The number of halogens is 1. The lowest BCUT2D eigenvalue weighted by Crippen LogP contribution is -3.10. The first-order chi connectivity index (χ1) is 17.9. The maximum Gasteiger partial charge on any atom is 0.251 e. The van der Waals surface area contributed by atoms with Crippen molar-refractivity contribution < 1.29 is 26.8 Å². The monoisotopic (exact) mass is 530 g/mol. The van der Waals surface area contributed by atoms with Gasteiger partial charge in [0.25, 0.3) is 5.91 Å². The average Bonchev–Trinajstić information content (AvgIpc) is 3.12. The van der Waals surface area contributed by atoms with Crippen LogP contribution in [0.2, 0.25) is 0 Å². The molecule has 1 saturated heterocycles. The van der Waals surface area contributed by atoms with E-state index in [4.69, 9.17) is 4.74 Å². The van der Waals surface area contributed by atoms with E-state index in [-0.39, 0.29) is 24.4 Å². The Bertz CT molecular complexity index is 1270. The van der Waals surface area contributed by atoms with Crippen LogP contribution in [0.4, 0.5) is 5.69 Å². The zero-order valence-corrected chi connectivity index (χ0v) is 23.5. The van der Waals surface area contributed by atoms with Gasteiger partial charge in [0.2, 0.25) is 0 Å². The van der Waals surface area contributed by atoms with Gasteiger partial charge in [-0.3, -0.25) is 4.79 Å². The fourth-order valence-corrected chi connectivity index (χ4v) is 5.54. The van der Waals surface area contributed by atoms with E-state index in [1.165, 1.54) is 32.7 Å². The molecular formula is C33H39ClN2O2. The quantitative estimate of drug-likeness (QED) is 0.513. The Labute approximate surface area is 233 Å². The second kappa shape index (κ2) is 12.8. The summed E-state index contributed by atoms with van der Waals surface area (Å²) in [6, 6.07) is 24.2. The van der Waals surface area contributed by atoms with Crippen LogP contribution in [0, 0.1) is 6.92 Å². The van der Waals surface area contributed by atoms with Crippen molar-refractivity contribution >= 4 is 17.7 Å². The normalized spacial score (nSPS) is 19.1. The predicted molar refractivity (Wildman–Crippen MR) is 152 cm³/mol. The Hall–Kier alpha value is -2.92. The topological polar surface area (TPSA) is 42.8 Å². The van der Waals surface area contributed by atoms with Gasteiger partial charge in [0.05, 0.1) is 32.8 Å². The number of amides is 1. The van der Waals surface area contributed by atoms with E-state index >= 15 is 0 Å². The van der Waals surface area contributed by atoms with Crippen LogP contribution in [0.1, 0.15) is 47.9 Å². The molecule has 1 fully saturated rings. The van der Waals surface area contributed by atoms with Crippen molar-refractivity contribution in [3.8, 4) is 11.1 Å². The molecule has 3 aromatic rings. The zero-order chi connectivity index (χ0) is 25.8. The number of quaternary nitrogens is 1. The highest BCUT2D eigenvalue weighted by atomic mass is 35.5. The summed E-state index contributed by atoms with van der Waals surface area (Å²) in [5.41, 5.74) is 9.05. The number of fused-ring (bicyclic) bond motifs is 1. The molecule has 0 spiro atoms. The smallest absolute Gasteiger partial charge is 0.251 e. The van der Waals surface area contributed by atoms with E-state index in [0.29, 0.717) is 6.04 Å². The van der Waals surface area contributed by atoms with Gasteiger partial charge in [-0.05, 0) is 84.7 Å². The predicted octanol–water partition coefficient (Wildman–Crippen LogP) is 2.26. The number of ether oxygens (including phenoxy) is 1. The summed E-state index contributed by atoms with van der Waals surface area (Å²) in [5.74, 6) is -0.00578. The van der Waals surface area contributed by atoms with Crippen LogP contribution in [0.25, 0.3) is 17.2 Å². The Kier molecular flexibility index (Phi) is 9.43. The molecule has 2 unspecified atom stereocenters. The van der Waals surface area contributed by atoms with Gasteiger partial charge >= 0.3 is 0 Å². The van der Waals surface area contributed by atoms with Gasteiger partial charge in [0.1, 0.15) is 0 Å². The van der Waals surface area contributed by atoms with Crippen LogP contribution >= 0.6 is 0 Å². The minimum atomic E-state index is -0.00578. The second-order valence-electron chi connectivity index (χ2n) is 10.9. The van der Waals surface area contributed by atoms with Crippen LogP contribution in [0.3, 0.4) is 0 Å². The molecule has 1 aliphatic heterocycles. The number of carbonyl (C=O) groups is 1. The van der Waals surface area contributed by atoms with Crippen molar-refractivity contribution in [1.82, 2.24) is 0 Å². The molecule has 0 radical (unpaired) electrons. The summed E-state index contributed by atoms with van der Waals surface area (Å²) in [6.45, 7) is 2.95. The van der Waals surface area contributed by atoms with E-state index in [0.717, 1.165) is 62.0 Å². The number of nitrogens with one attached hydrogen (secondary N) is 2. The highest BCUT2D eigenvalue weighted by Crippen LogP contribution is 2.29. The third-order valence-electron chi connectivity index (χ3n) is 7.90. The Morgan fingerprint density at radius 1 is 0.974 bits per heavy atom. The molecule has 0 aromatic heterocycles. The Balaban J connectivity index is 0.00000336. The van der Waals surface area contributed by atoms with Crippen molar-refractivity contribution in [2.24, 2.45) is 0 Å². The van der Waals surface area contributed by atoms with Crippen molar-refractivity contribution in [1.29, 1.82) is 0 Å². The molecule has 1 aliphatic carbocycles. The van der Waals surface area contributed by atoms with Crippen LogP contribution in [-0.2, 0) is 22.4 Å². The molecule has 1 amide bonds. The van der Waals surface area contributed by atoms with E-state index in [2.05, 4.69) is 87.0 Å². The van der Waals surface area contributed by atoms with Gasteiger partial charge in [-0.25, -0.2) is 0 Å². The van der Waals surface area contributed by atoms with Gasteiger partial charge in [-0.2, -0.15) is 0 Å². The second-order valence-corrected chi connectivity index (χ2v) is 10.9. The molecule has 2 N–H and O–H groups in total. The number of hydrogen-bond donors (Lipinski definition) is 2. The summed E-state index contributed by atoms with van der Waals surface area (Å²) in [7, 11) is 4.46. The van der Waals surface area contributed by atoms with Gasteiger partial charge < -0.3 is 27.4 Å². The highest BCUT2D eigenvalue weighted by molar-refractivity contribution is 6.07. The number of aryl methyl sites for hydroxylation is 2. The SMILES string of the molecule is Cc1ccc(-c2ccc3c(c2)C=C(C(=O)Nc2ccc(CC4CC([NH+](C)C)CCO4)cc2)CCC3)cc1.[Cl-]. The average molecular weight is 531 g/mol. The molecule has 0 saturated carbocycles. The van der Waals surface area contributed by atoms with Crippen LogP contribution in [0.15, 0.2) is 72.3 Å². The molecular weight excluding hydrogens is 492 g/mol. The number of rotatable bonds is 6. The summed E-state index contributed by atoms with van der Waals surface area (Å²) in [6.07, 6.45) is 8.27. The van der Waals surface area contributed by atoms with E-state index in [1.54, 1.807) is 0 Å². The zero-order valence-electron chi connectivity index (χ0n) is 22.7. The van der Waals surface area contributed by atoms with Crippen molar-refractivity contribution in [2.75, 3.05) is 26.0 Å². The minimum absolute atomic E-state index is 0. The molecule has 2 atom stereocenters. The summed E-state index contributed by atoms with van der Waals surface area (Å²) in [4.78, 5) is 14.7. The molecule has 4 nitrogen and oxygen atoms in total. The van der Waals surface area contributed by atoms with Crippen molar-refractivity contribution in [3.05, 3.63) is 94.6 Å². The highest BCUT2D eigenvalue weighted by Gasteiger charge is 2.26. The number of anilines is 1. The fraction of sp³-hybridized carbons (Fsp3) is 0.364. The molecule has 38 heavy (non-hydrogen) atoms. The number of benzene rings is 3. The molecule has 0 bridgehead atoms. The van der Waals surface area contributed by atoms with Gasteiger partial charge in [-0.1, -0.05) is 54.1 Å². The first-order valence-corrected chi connectivity index (χ1v) is 13.7. The molecule has 200 valence electrons. The molecule has 1 heterocycles. The Morgan fingerprint density at radius 3 is 2.45 bits per heavy atom. The maximum atomic E-state index is 13.2.